The Morgan fingerprint density at radius 2 is 1.73 bits per heavy atom. The Bertz CT molecular complexity index is 2520. The minimum atomic E-state index is -2.84. The summed E-state index contributed by atoms with van der Waals surface area (Å²) < 4.78 is 41.3. The molecule has 1 aromatic carbocycles. The number of alkyl halides is 2. The maximum Gasteiger partial charge on any atom is 0.329 e. The lowest BCUT2D eigenvalue weighted by molar-refractivity contribution is -0.135. The van der Waals surface area contributed by atoms with E-state index in [-0.39, 0.29) is 35.9 Å². The van der Waals surface area contributed by atoms with Crippen molar-refractivity contribution in [3.05, 3.63) is 76.2 Å². The number of fused-ring (bicyclic) bond motifs is 2. The first-order valence-electron chi connectivity index (χ1n) is 22.5. The molecule has 1 unspecified atom stereocenters. The molecule has 0 radical (unpaired) electrons. The van der Waals surface area contributed by atoms with E-state index in [0.717, 1.165) is 114 Å². The van der Waals surface area contributed by atoms with Crippen LogP contribution < -0.4 is 21.2 Å². The monoisotopic (exact) mass is 869 g/mol. The number of anilines is 2. The summed E-state index contributed by atoms with van der Waals surface area (Å²) in [5.41, 5.74) is 3.80. The smallest absolute Gasteiger partial charge is 0.329 e. The zero-order valence-corrected chi connectivity index (χ0v) is 36.1. The number of hydrogen-bond donors (Lipinski definition) is 2. The maximum absolute atomic E-state index is 14.3. The van der Waals surface area contributed by atoms with Crippen molar-refractivity contribution in [2.24, 2.45) is 13.0 Å². The number of carbonyl (C=O) groups is 3. The zero-order valence-electron chi connectivity index (χ0n) is 36.1. The summed E-state index contributed by atoms with van der Waals surface area (Å²) in [5.74, 6) is -0.735. The van der Waals surface area contributed by atoms with Gasteiger partial charge in [0.2, 0.25) is 11.8 Å². The molecular formula is C45H57F2N11O5. The highest BCUT2D eigenvalue weighted by Gasteiger charge is 2.33. The molecule has 1 aliphatic carbocycles. The Balaban J connectivity index is 0.729. The number of carbonyl (C=O) groups excluding carboxylic acids is 3. The molecule has 3 aliphatic heterocycles. The first-order valence-corrected chi connectivity index (χ1v) is 22.5. The van der Waals surface area contributed by atoms with Crippen molar-refractivity contribution in [1.82, 2.24) is 43.6 Å². The lowest BCUT2D eigenvalue weighted by Crippen LogP contribution is -2.44. The van der Waals surface area contributed by atoms with Crippen molar-refractivity contribution in [1.29, 1.82) is 0 Å². The van der Waals surface area contributed by atoms with Crippen LogP contribution in [0.1, 0.15) is 97.9 Å². The van der Waals surface area contributed by atoms with Crippen LogP contribution in [0, 0.1) is 5.92 Å². The van der Waals surface area contributed by atoms with Crippen LogP contribution in [0.5, 0.6) is 0 Å². The number of aryl methyl sites for hydroxylation is 2. The fraction of sp³-hybridized carbons (Fsp3) is 0.556. The van der Waals surface area contributed by atoms with Crippen LogP contribution in [-0.4, -0.2) is 122 Å². The van der Waals surface area contributed by atoms with Gasteiger partial charge in [0.15, 0.2) is 5.69 Å². The van der Waals surface area contributed by atoms with Gasteiger partial charge in [-0.1, -0.05) is 12.1 Å². The number of nitrogens with zero attached hydrogens (tertiary/aromatic N) is 9. The second-order valence-corrected chi connectivity index (χ2v) is 17.8. The zero-order chi connectivity index (χ0) is 43.8. The molecule has 18 heteroatoms. The van der Waals surface area contributed by atoms with Crippen LogP contribution in [-0.2, 0) is 27.8 Å². The van der Waals surface area contributed by atoms with Gasteiger partial charge in [0.05, 0.1) is 46.1 Å². The standard InChI is InChI=1S/C45H57F2N11O5/c1-52-20-22-55(23-21-52)32-14-19-56-38(25-32)34(26-48-56)43(60)49-35-28-57(51-40(35)42(46)47)31-10-8-29(9-11-31)27-54-17-15-33(16-18-54)63-24-4-6-30-5-3-7-36-41(30)53(2)45(62)58(36)37-12-13-39(59)50-44(37)61/h3,5,7,14,19,25-26,28-29,31,33,37,42H,4,6,8-13,15-18,20-24,27H2,1-2H3,(H,49,60)(H,50,59,61). The lowest BCUT2D eigenvalue weighted by Gasteiger charge is -2.36. The summed E-state index contributed by atoms with van der Waals surface area (Å²) in [7, 11) is 3.83. The molecule has 1 saturated carbocycles. The summed E-state index contributed by atoms with van der Waals surface area (Å²) in [4.78, 5) is 58.3. The summed E-state index contributed by atoms with van der Waals surface area (Å²) in [6, 6.07) is 8.98. The number of ether oxygens (including phenoxy) is 1. The number of rotatable bonds is 13. The quantitative estimate of drug-likeness (QED) is 0.123. The number of piperidine rings is 2. The number of nitrogens with one attached hydrogen (secondary N) is 2. The van der Waals surface area contributed by atoms with Gasteiger partial charge in [-0.05, 0) is 94.5 Å². The first-order chi connectivity index (χ1) is 30.5. The number of imide groups is 1. The molecule has 4 fully saturated rings. The minimum Gasteiger partial charge on any atom is -0.378 e. The Hall–Kier alpha value is -5.46. The number of piperazine rings is 1. The topological polar surface area (TPSA) is 156 Å². The fourth-order valence-electron chi connectivity index (χ4n) is 10.1. The van der Waals surface area contributed by atoms with Crippen LogP contribution in [0.4, 0.5) is 20.2 Å². The van der Waals surface area contributed by atoms with Gasteiger partial charge in [-0.25, -0.2) is 18.1 Å². The Morgan fingerprint density at radius 1 is 0.952 bits per heavy atom. The molecule has 2 N–H and O–H groups in total. The van der Waals surface area contributed by atoms with Gasteiger partial charge in [-0.15, -0.1) is 0 Å². The third kappa shape index (κ3) is 9.02. The first kappa shape index (κ1) is 42.8. The highest BCUT2D eigenvalue weighted by Crippen LogP contribution is 2.36. The van der Waals surface area contributed by atoms with Gasteiger partial charge < -0.3 is 24.8 Å². The molecule has 5 aromatic rings. The number of pyridine rings is 1. The van der Waals surface area contributed by atoms with E-state index in [1.807, 2.05) is 36.5 Å². The highest BCUT2D eigenvalue weighted by molar-refractivity contribution is 6.09. The average molecular weight is 870 g/mol. The molecule has 3 amide bonds. The second kappa shape index (κ2) is 18.3. The number of benzene rings is 1. The molecule has 0 bridgehead atoms. The lowest BCUT2D eigenvalue weighted by atomic mass is 9.85. The molecule has 16 nitrogen and oxygen atoms in total. The second-order valence-electron chi connectivity index (χ2n) is 17.8. The number of hydrogen-bond acceptors (Lipinski definition) is 10. The summed E-state index contributed by atoms with van der Waals surface area (Å²) in [6.45, 7) is 7.17. The van der Waals surface area contributed by atoms with Gasteiger partial charge in [0, 0.05) is 84.0 Å². The SMILES string of the molecule is CN1CCN(c2ccn3ncc(C(=O)Nc4cn(C5CCC(CN6CCC(OCCCc7cccc8c7n(C)c(=O)n8C7CCC(=O)NC7=O)CC6)CC5)nc4C(F)F)c3c2)CC1. The molecule has 9 rings (SSSR count). The van der Waals surface area contributed by atoms with Gasteiger partial charge in [0.1, 0.15) is 6.04 Å². The predicted octanol–water partition coefficient (Wildman–Crippen LogP) is 4.95. The summed E-state index contributed by atoms with van der Waals surface area (Å²) >= 11 is 0. The van der Waals surface area contributed by atoms with Crippen LogP contribution >= 0.6 is 0 Å². The third-order valence-electron chi connectivity index (χ3n) is 13.7. The van der Waals surface area contributed by atoms with E-state index in [9.17, 15) is 28.0 Å². The summed E-state index contributed by atoms with van der Waals surface area (Å²) in [6.07, 6.45) is 9.77. The van der Waals surface area contributed by atoms with Crippen molar-refractivity contribution >= 4 is 45.6 Å². The molecule has 4 aliphatic rings. The van der Waals surface area contributed by atoms with E-state index < -0.39 is 30.0 Å². The fourth-order valence-corrected chi connectivity index (χ4v) is 10.1. The number of imidazole rings is 1. The van der Waals surface area contributed by atoms with Gasteiger partial charge in [-0.3, -0.25) is 33.5 Å². The Kier molecular flexibility index (Phi) is 12.5. The predicted molar refractivity (Wildman–Crippen MR) is 233 cm³/mol. The average Bonchev–Trinajstić information content (AvgIpc) is 3.98. The van der Waals surface area contributed by atoms with E-state index in [2.05, 4.69) is 42.6 Å². The van der Waals surface area contributed by atoms with Crippen molar-refractivity contribution in [2.75, 3.05) is 69.7 Å². The highest BCUT2D eigenvalue weighted by atomic mass is 19.3. The Morgan fingerprint density at radius 3 is 2.48 bits per heavy atom. The largest absolute Gasteiger partial charge is 0.378 e. The number of aromatic nitrogens is 6. The molecule has 0 spiro atoms. The number of amides is 3. The number of likely N-dealkylation sites (N-methyl/N-ethyl adjacent to an activating group) is 1. The van der Waals surface area contributed by atoms with Crippen LogP contribution in [0.25, 0.3) is 16.6 Å². The van der Waals surface area contributed by atoms with Crippen molar-refractivity contribution in [2.45, 2.75) is 88.8 Å². The summed E-state index contributed by atoms with van der Waals surface area (Å²) in [5, 5.41) is 13.8. The molecular weight excluding hydrogens is 813 g/mol. The van der Waals surface area contributed by atoms with Gasteiger partial charge in [-0.2, -0.15) is 10.2 Å². The van der Waals surface area contributed by atoms with Crippen molar-refractivity contribution in [3.8, 4) is 0 Å². The van der Waals surface area contributed by atoms with Gasteiger partial charge >= 0.3 is 5.69 Å². The van der Waals surface area contributed by atoms with Crippen LogP contribution in [0.3, 0.4) is 0 Å². The number of halogens is 2. The minimum absolute atomic E-state index is 0.0197. The van der Waals surface area contributed by atoms with E-state index in [1.165, 1.54) is 10.8 Å². The van der Waals surface area contributed by atoms with E-state index in [0.29, 0.717) is 35.5 Å². The molecule has 7 heterocycles. The Labute approximate surface area is 364 Å². The van der Waals surface area contributed by atoms with E-state index in [1.54, 1.807) is 27.0 Å². The molecule has 4 aromatic heterocycles. The van der Waals surface area contributed by atoms with E-state index >= 15 is 0 Å². The molecule has 63 heavy (non-hydrogen) atoms. The number of para-hydroxylation sites is 1. The van der Waals surface area contributed by atoms with Crippen LogP contribution in [0.2, 0.25) is 0 Å². The van der Waals surface area contributed by atoms with Crippen LogP contribution in [0.15, 0.2) is 53.7 Å². The normalized spacial score (nSPS) is 22.1. The molecule has 336 valence electrons. The van der Waals surface area contributed by atoms with Crippen molar-refractivity contribution < 1.29 is 27.9 Å². The maximum atomic E-state index is 14.3. The van der Waals surface area contributed by atoms with Gasteiger partial charge in [0.25, 0.3) is 12.3 Å². The molecule has 1 atom stereocenters. The number of likely N-dealkylation sites (tertiary alicyclic amines) is 1. The van der Waals surface area contributed by atoms with Crippen molar-refractivity contribution in [3.63, 3.8) is 0 Å². The molecule has 3 saturated heterocycles. The third-order valence-corrected chi connectivity index (χ3v) is 13.7. The van der Waals surface area contributed by atoms with E-state index in [4.69, 9.17) is 4.74 Å².